The van der Waals surface area contributed by atoms with E-state index in [1.807, 2.05) is 6.92 Å². The van der Waals surface area contributed by atoms with Gasteiger partial charge in [-0.05, 0) is 13.3 Å². The fourth-order valence-electron chi connectivity index (χ4n) is 0.543. The number of hydrogen-bond donors (Lipinski definition) is 1. The Bertz CT molecular complexity index is 102. The molecule has 0 radical (unpaired) electrons. The first-order valence-electron chi connectivity index (χ1n) is 2.76. The molecule has 46 valence electrons. The van der Waals surface area contributed by atoms with E-state index in [0.717, 1.165) is 6.42 Å². The summed E-state index contributed by atoms with van der Waals surface area (Å²) in [5.41, 5.74) is -1.10. The third kappa shape index (κ3) is 2.59. The molecule has 0 amide bonds. The molecule has 0 spiro atoms. The first-order chi connectivity index (χ1) is 3.62. The second-order valence-electron chi connectivity index (χ2n) is 2.14. The van der Waals surface area contributed by atoms with E-state index in [9.17, 15) is 0 Å². The summed E-state index contributed by atoms with van der Waals surface area (Å²) >= 11 is 0. The van der Waals surface area contributed by atoms with Crippen LogP contribution < -0.4 is 0 Å². The number of nitrogens with zero attached hydrogens (tertiary/aromatic N) is 1. The first kappa shape index (κ1) is 7.45. The maximum Gasteiger partial charge on any atom is 0.148 e. The zero-order chi connectivity index (χ0) is 6.62. The van der Waals surface area contributed by atoms with Gasteiger partial charge < -0.3 is 5.11 Å². The van der Waals surface area contributed by atoms with Crippen molar-refractivity contribution in [2.45, 2.75) is 32.3 Å². The van der Waals surface area contributed by atoms with Gasteiger partial charge in [-0.25, -0.2) is 0 Å². The van der Waals surface area contributed by atoms with Crippen LogP contribution in [0.3, 0.4) is 0 Å². The predicted molar refractivity (Wildman–Crippen MR) is 31.1 cm³/mol. The van der Waals surface area contributed by atoms with Crippen LogP contribution in [0, 0.1) is 11.3 Å². The van der Waals surface area contributed by atoms with Gasteiger partial charge in [0.1, 0.15) is 5.60 Å². The lowest BCUT2D eigenvalue weighted by Crippen LogP contribution is -2.19. The SMILES string of the molecule is CCCC(C)(O)C#N. The zero-order valence-electron chi connectivity index (χ0n) is 5.31. The largest absolute Gasteiger partial charge is 0.376 e. The van der Waals surface area contributed by atoms with E-state index in [1.54, 1.807) is 6.07 Å². The molecular formula is C6H11NO. The summed E-state index contributed by atoms with van der Waals surface area (Å²) in [7, 11) is 0. The second-order valence-corrected chi connectivity index (χ2v) is 2.14. The number of rotatable bonds is 2. The van der Waals surface area contributed by atoms with Crippen molar-refractivity contribution in [3.63, 3.8) is 0 Å². The van der Waals surface area contributed by atoms with Crippen LogP contribution in [0.5, 0.6) is 0 Å². The summed E-state index contributed by atoms with van der Waals surface area (Å²) in [6, 6.07) is 1.80. The average Bonchev–Trinajstić information content (AvgIpc) is 1.67. The number of aliphatic hydroxyl groups is 1. The van der Waals surface area contributed by atoms with Crippen molar-refractivity contribution in [3.8, 4) is 6.07 Å². The Balaban J connectivity index is 3.59. The third-order valence-electron chi connectivity index (χ3n) is 0.978. The van der Waals surface area contributed by atoms with Crippen LogP contribution in [0.4, 0.5) is 0 Å². The molecule has 0 saturated carbocycles. The highest BCUT2D eigenvalue weighted by molar-refractivity contribution is 4.95. The highest BCUT2D eigenvalue weighted by Gasteiger charge is 2.16. The summed E-state index contributed by atoms with van der Waals surface area (Å²) in [4.78, 5) is 0. The van der Waals surface area contributed by atoms with Crippen LogP contribution in [0.25, 0.3) is 0 Å². The lowest BCUT2D eigenvalue weighted by Gasteiger charge is -2.10. The third-order valence-corrected chi connectivity index (χ3v) is 0.978. The molecule has 0 fully saturated rings. The zero-order valence-corrected chi connectivity index (χ0v) is 5.31. The predicted octanol–water partition coefficient (Wildman–Crippen LogP) is 1.06. The molecule has 1 N–H and O–H groups in total. The second kappa shape index (κ2) is 2.68. The maximum atomic E-state index is 8.96. The van der Waals surface area contributed by atoms with Crippen LogP contribution in [-0.2, 0) is 0 Å². The molecule has 0 aromatic rings. The van der Waals surface area contributed by atoms with Crippen molar-refractivity contribution in [2.75, 3.05) is 0 Å². The molecule has 0 heterocycles. The van der Waals surface area contributed by atoms with Crippen LogP contribution in [0.2, 0.25) is 0 Å². The molecule has 0 saturated heterocycles. The van der Waals surface area contributed by atoms with Crippen LogP contribution in [0.15, 0.2) is 0 Å². The molecule has 0 aromatic carbocycles. The normalized spacial score (nSPS) is 16.8. The minimum Gasteiger partial charge on any atom is -0.376 e. The van der Waals surface area contributed by atoms with Gasteiger partial charge in [-0.1, -0.05) is 13.3 Å². The van der Waals surface area contributed by atoms with E-state index >= 15 is 0 Å². The Morgan fingerprint density at radius 3 is 2.38 bits per heavy atom. The molecule has 0 bridgehead atoms. The summed E-state index contributed by atoms with van der Waals surface area (Å²) in [6.45, 7) is 3.46. The first-order valence-corrected chi connectivity index (χ1v) is 2.76. The fraction of sp³-hybridized carbons (Fsp3) is 0.833. The molecule has 2 heteroatoms. The number of nitriles is 1. The Labute approximate surface area is 49.8 Å². The highest BCUT2D eigenvalue weighted by Crippen LogP contribution is 2.08. The highest BCUT2D eigenvalue weighted by atomic mass is 16.3. The topological polar surface area (TPSA) is 44.0 Å². The van der Waals surface area contributed by atoms with Crippen molar-refractivity contribution in [3.05, 3.63) is 0 Å². The number of hydrogen-bond acceptors (Lipinski definition) is 2. The monoisotopic (exact) mass is 113 g/mol. The van der Waals surface area contributed by atoms with Gasteiger partial charge in [-0.15, -0.1) is 0 Å². The smallest absolute Gasteiger partial charge is 0.148 e. The molecular weight excluding hydrogens is 102 g/mol. The summed E-state index contributed by atoms with van der Waals surface area (Å²) in [5, 5.41) is 17.2. The Kier molecular flexibility index (Phi) is 2.50. The molecule has 0 aromatic heterocycles. The van der Waals surface area contributed by atoms with Gasteiger partial charge in [0, 0.05) is 0 Å². The minimum atomic E-state index is -1.10. The molecule has 8 heavy (non-hydrogen) atoms. The van der Waals surface area contributed by atoms with Crippen molar-refractivity contribution in [1.82, 2.24) is 0 Å². The van der Waals surface area contributed by atoms with Gasteiger partial charge in [0.25, 0.3) is 0 Å². The van der Waals surface area contributed by atoms with Crippen molar-refractivity contribution < 1.29 is 5.11 Å². The van der Waals surface area contributed by atoms with Gasteiger partial charge in [-0.2, -0.15) is 5.26 Å². The molecule has 1 unspecified atom stereocenters. The van der Waals surface area contributed by atoms with Gasteiger partial charge in [0.15, 0.2) is 0 Å². The summed E-state index contributed by atoms with van der Waals surface area (Å²) < 4.78 is 0. The van der Waals surface area contributed by atoms with Crippen molar-refractivity contribution in [2.24, 2.45) is 0 Å². The molecule has 0 aliphatic rings. The van der Waals surface area contributed by atoms with E-state index in [1.165, 1.54) is 6.92 Å². The average molecular weight is 113 g/mol. The summed E-state index contributed by atoms with van der Waals surface area (Å²) in [6.07, 6.45) is 1.41. The van der Waals surface area contributed by atoms with E-state index in [0.29, 0.717) is 6.42 Å². The van der Waals surface area contributed by atoms with E-state index in [2.05, 4.69) is 0 Å². The van der Waals surface area contributed by atoms with Crippen LogP contribution >= 0.6 is 0 Å². The van der Waals surface area contributed by atoms with Gasteiger partial charge in [-0.3, -0.25) is 0 Å². The van der Waals surface area contributed by atoms with E-state index < -0.39 is 5.60 Å². The van der Waals surface area contributed by atoms with E-state index in [-0.39, 0.29) is 0 Å². The molecule has 1 atom stereocenters. The molecule has 2 nitrogen and oxygen atoms in total. The van der Waals surface area contributed by atoms with Gasteiger partial charge in [0.2, 0.25) is 0 Å². The minimum absolute atomic E-state index is 0.559. The van der Waals surface area contributed by atoms with Gasteiger partial charge in [0.05, 0.1) is 6.07 Å². The van der Waals surface area contributed by atoms with Crippen molar-refractivity contribution >= 4 is 0 Å². The quantitative estimate of drug-likeness (QED) is 0.544. The lowest BCUT2D eigenvalue weighted by molar-refractivity contribution is 0.109. The lowest BCUT2D eigenvalue weighted by atomic mass is 10.0. The Hall–Kier alpha value is -0.550. The molecule has 0 rings (SSSR count). The van der Waals surface area contributed by atoms with Gasteiger partial charge >= 0.3 is 0 Å². The molecule has 0 aliphatic heterocycles. The summed E-state index contributed by atoms with van der Waals surface area (Å²) in [5.74, 6) is 0. The Morgan fingerprint density at radius 1 is 1.75 bits per heavy atom. The maximum absolute atomic E-state index is 8.96. The van der Waals surface area contributed by atoms with Crippen LogP contribution in [0.1, 0.15) is 26.7 Å². The van der Waals surface area contributed by atoms with E-state index in [4.69, 9.17) is 10.4 Å². The van der Waals surface area contributed by atoms with Crippen LogP contribution in [-0.4, -0.2) is 10.7 Å². The van der Waals surface area contributed by atoms with Crippen molar-refractivity contribution in [1.29, 1.82) is 5.26 Å². The molecule has 0 aliphatic carbocycles. The Morgan fingerprint density at radius 2 is 2.25 bits per heavy atom. The standard InChI is InChI=1S/C6H11NO/c1-3-4-6(2,8)5-7/h8H,3-4H2,1-2H3. The fourth-order valence-corrected chi connectivity index (χ4v) is 0.543.